The topological polar surface area (TPSA) is 0 Å². The Hall–Kier alpha value is 0.0900. The quantitative estimate of drug-likeness (QED) is 0.581. The number of rotatable bonds is 4. The fourth-order valence-corrected chi connectivity index (χ4v) is 1.34. The molecule has 0 spiro atoms. The van der Waals surface area contributed by atoms with E-state index in [0.29, 0.717) is 5.92 Å². The van der Waals surface area contributed by atoms with Crippen LogP contribution in [0.1, 0.15) is 47.5 Å². The highest BCUT2D eigenvalue weighted by molar-refractivity contribution is 7.80. The van der Waals surface area contributed by atoms with Gasteiger partial charge in [0.25, 0.3) is 0 Å². The highest BCUT2D eigenvalue weighted by Crippen LogP contribution is 2.31. The van der Waals surface area contributed by atoms with Crippen LogP contribution in [0, 0.1) is 11.3 Å². The van der Waals surface area contributed by atoms with E-state index in [1.165, 1.54) is 12.8 Å². The summed E-state index contributed by atoms with van der Waals surface area (Å²) in [5.74, 6) is 0.713. The lowest BCUT2D eigenvalue weighted by atomic mass is 9.75. The Morgan fingerprint density at radius 2 is 1.91 bits per heavy atom. The Morgan fingerprint density at radius 1 is 1.45 bits per heavy atom. The largest absolute Gasteiger partial charge is 0.0894 e. The van der Waals surface area contributed by atoms with Gasteiger partial charge in [-0.2, -0.15) is 0 Å². The van der Waals surface area contributed by atoms with E-state index >= 15 is 0 Å². The molecule has 0 nitrogen and oxygen atoms in total. The average Bonchev–Trinajstić information content (AvgIpc) is 1.88. The van der Waals surface area contributed by atoms with Crippen LogP contribution in [0.5, 0.6) is 0 Å². The zero-order chi connectivity index (χ0) is 9.07. The van der Waals surface area contributed by atoms with Crippen molar-refractivity contribution < 1.29 is 0 Å². The van der Waals surface area contributed by atoms with Crippen molar-refractivity contribution >= 4 is 17.1 Å². The highest BCUT2D eigenvalue weighted by Gasteiger charge is 2.26. The molecule has 1 heteroatoms. The lowest BCUT2D eigenvalue weighted by molar-refractivity contribution is 0.317. The van der Waals surface area contributed by atoms with Crippen LogP contribution < -0.4 is 0 Å². The molecule has 1 atom stereocenters. The summed E-state index contributed by atoms with van der Waals surface area (Å²) in [7, 11) is 0. The molecule has 0 saturated carbocycles. The first-order chi connectivity index (χ1) is 4.92. The molecule has 0 aromatic heterocycles. The average molecular weight is 172 g/mol. The number of hydrogen-bond acceptors (Lipinski definition) is 1. The van der Waals surface area contributed by atoms with E-state index < -0.39 is 0 Å². The van der Waals surface area contributed by atoms with Crippen LogP contribution in [0.2, 0.25) is 0 Å². The Bertz CT molecular complexity index is 136. The standard InChI is InChI=1S/C10H20S/c1-6-7-8(2)10(4,5)9(3)11/h8H,6-7H2,1-5H3. The number of hydrogen-bond donors (Lipinski definition) is 0. The van der Waals surface area contributed by atoms with Crippen molar-refractivity contribution in [1.29, 1.82) is 0 Å². The summed E-state index contributed by atoms with van der Waals surface area (Å²) in [6.07, 6.45) is 2.54. The van der Waals surface area contributed by atoms with Crippen LogP contribution >= 0.6 is 12.2 Å². The second-order valence-corrected chi connectivity index (χ2v) is 4.58. The van der Waals surface area contributed by atoms with Gasteiger partial charge in [0.05, 0.1) is 0 Å². The molecular formula is C10H20S. The minimum absolute atomic E-state index is 0.241. The Labute approximate surface area is 76.4 Å². The molecule has 0 radical (unpaired) electrons. The predicted molar refractivity (Wildman–Crippen MR) is 56.1 cm³/mol. The predicted octanol–water partition coefficient (Wildman–Crippen LogP) is 3.84. The molecule has 0 aliphatic rings. The molecule has 11 heavy (non-hydrogen) atoms. The minimum atomic E-state index is 0.241. The summed E-state index contributed by atoms with van der Waals surface area (Å²) in [6.45, 7) is 11.1. The first-order valence-corrected chi connectivity index (χ1v) is 4.84. The van der Waals surface area contributed by atoms with E-state index in [0.717, 1.165) is 4.86 Å². The normalized spacial score (nSPS) is 14.6. The molecule has 0 saturated heterocycles. The molecule has 1 unspecified atom stereocenters. The monoisotopic (exact) mass is 172 g/mol. The maximum Gasteiger partial charge on any atom is -0.00172 e. The molecular weight excluding hydrogens is 152 g/mol. The van der Waals surface area contributed by atoms with Crippen LogP contribution in [0.4, 0.5) is 0 Å². The fraction of sp³-hybridized carbons (Fsp3) is 0.900. The van der Waals surface area contributed by atoms with Crippen LogP contribution in [-0.4, -0.2) is 4.86 Å². The van der Waals surface area contributed by atoms with Gasteiger partial charge in [-0.05, 0) is 23.1 Å². The third kappa shape index (κ3) is 2.90. The van der Waals surface area contributed by atoms with Gasteiger partial charge in [-0.1, -0.05) is 52.8 Å². The van der Waals surface area contributed by atoms with Crippen molar-refractivity contribution in [3.8, 4) is 0 Å². The van der Waals surface area contributed by atoms with Crippen molar-refractivity contribution in [2.24, 2.45) is 11.3 Å². The molecule has 66 valence electrons. The van der Waals surface area contributed by atoms with Crippen molar-refractivity contribution in [1.82, 2.24) is 0 Å². The maximum absolute atomic E-state index is 5.22. The van der Waals surface area contributed by atoms with Crippen molar-refractivity contribution in [3.05, 3.63) is 0 Å². The van der Waals surface area contributed by atoms with Gasteiger partial charge in [-0.15, -0.1) is 0 Å². The molecule has 0 aromatic rings. The zero-order valence-corrected chi connectivity index (χ0v) is 9.22. The third-order valence-electron chi connectivity index (χ3n) is 2.86. The zero-order valence-electron chi connectivity index (χ0n) is 8.40. The summed E-state index contributed by atoms with van der Waals surface area (Å²) in [5, 5.41) is 0. The van der Waals surface area contributed by atoms with Crippen LogP contribution in [0.3, 0.4) is 0 Å². The van der Waals surface area contributed by atoms with E-state index in [1.54, 1.807) is 0 Å². The summed E-state index contributed by atoms with van der Waals surface area (Å²) in [4.78, 5) is 1.14. The van der Waals surface area contributed by atoms with Gasteiger partial charge >= 0.3 is 0 Å². The van der Waals surface area contributed by atoms with E-state index in [9.17, 15) is 0 Å². The SMILES string of the molecule is CCCC(C)C(C)(C)C(C)=S. The molecule has 0 amide bonds. The van der Waals surface area contributed by atoms with Crippen LogP contribution in [0.25, 0.3) is 0 Å². The van der Waals surface area contributed by atoms with Gasteiger partial charge < -0.3 is 0 Å². The molecule has 0 aliphatic heterocycles. The lowest BCUT2D eigenvalue weighted by Crippen LogP contribution is -2.28. The molecule has 0 fully saturated rings. The van der Waals surface area contributed by atoms with E-state index in [4.69, 9.17) is 12.2 Å². The van der Waals surface area contributed by atoms with Crippen molar-refractivity contribution in [2.75, 3.05) is 0 Å². The molecule has 0 N–H and O–H groups in total. The molecule has 0 aliphatic carbocycles. The summed E-state index contributed by atoms with van der Waals surface area (Å²) in [5.41, 5.74) is 0.241. The van der Waals surface area contributed by atoms with Crippen molar-refractivity contribution in [2.45, 2.75) is 47.5 Å². The second-order valence-electron chi connectivity index (χ2n) is 3.97. The molecule has 0 aromatic carbocycles. The Kier molecular flexibility index (Phi) is 4.23. The van der Waals surface area contributed by atoms with Crippen LogP contribution in [-0.2, 0) is 0 Å². The Balaban J connectivity index is 4.17. The van der Waals surface area contributed by atoms with E-state index in [1.807, 2.05) is 0 Å². The van der Waals surface area contributed by atoms with Gasteiger partial charge in [0.15, 0.2) is 0 Å². The highest BCUT2D eigenvalue weighted by atomic mass is 32.1. The number of thiocarbonyl (C=S) groups is 1. The van der Waals surface area contributed by atoms with Gasteiger partial charge in [-0.25, -0.2) is 0 Å². The second kappa shape index (κ2) is 4.20. The van der Waals surface area contributed by atoms with E-state index in [2.05, 4.69) is 34.6 Å². The smallest absolute Gasteiger partial charge is 0.00172 e. The van der Waals surface area contributed by atoms with Gasteiger partial charge in [0.2, 0.25) is 0 Å². The van der Waals surface area contributed by atoms with E-state index in [-0.39, 0.29) is 5.41 Å². The van der Waals surface area contributed by atoms with Gasteiger partial charge in [-0.3, -0.25) is 0 Å². The first kappa shape index (κ1) is 11.1. The molecule has 0 heterocycles. The minimum Gasteiger partial charge on any atom is -0.0894 e. The third-order valence-corrected chi connectivity index (χ3v) is 3.39. The Morgan fingerprint density at radius 3 is 2.18 bits per heavy atom. The fourth-order valence-electron chi connectivity index (χ4n) is 1.14. The van der Waals surface area contributed by atoms with Crippen LogP contribution in [0.15, 0.2) is 0 Å². The maximum atomic E-state index is 5.22. The van der Waals surface area contributed by atoms with Gasteiger partial charge in [0.1, 0.15) is 0 Å². The van der Waals surface area contributed by atoms with Crippen molar-refractivity contribution in [3.63, 3.8) is 0 Å². The summed E-state index contributed by atoms with van der Waals surface area (Å²) < 4.78 is 0. The lowest BCUT2D eigenvalue weighted by Gasteiger charge is -2.31. The summed E-state index contributed by atoms with van der Waals surface area (Å²) >= 11 is 5.22. The summed E-state index contributed by atoms with van der Waals surface area (Å²) in [6, 6.07) is 0. The molecule has 0 bridgehead atoms. The van der Waals surface area contributed by atoms with Gasteiger partial charge in [0, 0.05) is 0 Å². The molecule has 0 rings (SSSR count). The first-order valence-electron chi connectivity index (χ1n) is 4.44.